The summed E-state index contributed by atoms with van der Waals surface area (Å²) in [4.78, 5) is 12.9. The summed E-state index contributed by atoms with van der Waals surface area (Å²) in [7, 11) is -1.65. The van der Waals surface area contributed by atoms with Crippen LogP contribution in [0.5, 0.6) is 0 Å². The Labute approximate surface area is 177 Å². The van der Waals surface area contributed by atoms with E-state index in [1.165, 1.54) is 0 Å². The summed E-state index contributed by atoms with van der Waals surface area (Å²) in [5, 5.41) is 3.88. The van der Waals surface area contributed by atoms with Crippen LogP contribution in [0.4, 0.5) is 0 Å². The molecule has 0 aliphatic carbocycles. The highest BCUT2D eigenvalue weighted by Gasteiger charge is 2.15. The number of amides is 1. The average molecular weight is 429 g/mol. The molecule has 0 bridgehead atoms. The van der Waals surface area contributed by atoms with Gasteiger partial charge in [-0.25, -0.2) is 8.42 Å². The van der Waals surface area contributed by atoms with E-state index in [1.54, 1.807) is 43.5 Å². The van der Waals surface area contributed by atoms with Crippen molar-refractivity contribution in [3.63, 3.8) is 0 Å². The number of sulfone groups is 1. The average Bonchev–Trinajstić information content (AvgIpc) is 2.99. The van der Waals surface area contributed by atoms with Crippen molar-refractivity contribution in [3.8, 4) is 0 Å². The Morgan fingerprint density at radius 3 is 2.53 bits per heavy atom. The second-order valence-corrected chi connectivity index (χ2v) is 9.44. The van der Waals surface area contributed by atoms with Gasteiger partial charge in [-0.05, 0) is 56.2 Å². The van der Waals surface area contributed by atoms with Crippen molar-refractivity contribution in [1.82, 2.24) is 9.88 Å². The number of nitrogens with one attached hydrogen (secondary N) is 1. The predicted molar refractivity (Wildman–Crippen MR) is 119 cm³/mol. The van der Waals surface area contributed by atoms with Crippen molar-refractivity contribution in [2.45, 2.75) is 31.7 Å². The number of ether oxygens (including phenoxy) is 1. The predicted octanol–water partition coefficient (Wildman–Crippen LogP) is 3.50. The van der Waals surface area contributed by atoms with E-state index in [0.717, 1.165) is 28.7 Å². The molecule has 2 aromatic carbocycles. The molecular formula is C23H28N2O4S. The van der Waals surface area contributed by atoms with Crippen LogP contribution in [-0.4, -0.2) is 44.9 Å². The van der Waals surface area contributed by atoms with Crippen molar-refractivity contribution in [3.05, 3.63) is 65.4 Å². The third-order valence-corrected chi connectivity index (χ3v) is 7.21. The van der Waals surface area contributed by atoms with Gasteiger partial charge >= 0.3 is 0 Å². The molecule has 0 spiro atoms. The third kappa shape index (κ3) is 4.74. The molecule has 3 rings (SSSR count). The van der Waals surface area contributed by atoms with E-state index < -0.39 is 9.84 Å². The summed E-state index contributed by atoms with van der Waals surface area (Å²) in [5.74, 6) is -0.201. The first-order valence-corrected chi connectivity index (χ1v) is 11.6. The lowest BCUT2D eigenvalue weighted by Crippen LogP contribution is -2.26. The maximum Gasteiger partial charge on any atom is 0.251 e. The zero-order valence-electron chi connectivity index (χ0n) is 17.6. The highest BCUT2D eigenvalue weighted by atomic mass is 32.2. The fourth-order valence-electron chi connectivity index (χ4n) is 3.57. The molecule has 0 radical (unpaired) electrons. The molecule has 6 nitrogen and oxygen atoms in total. The highest BCUT2D eigenvalue weighted by Crippen LogP contribution is 2.26. The first kappa shape index (κ1) is 22.1. The first-order valence-electron chi connectivity index (χ1n) is 9.99. The number of hydrogen-bond donors (Lipinski definition) is 1. The van der Waals surface area contributed by atoms with Gasteiger partial charge in [0, 0.05) is 42.4 Å². The lowest BCUT2D eigenvalue weighted by Gasteiger charge is -2.09. The Hall–Kier alpha value is -2.64. The van der Waals surface area contributed by atoms with Gasteiger partial charge in [-0.2, -0.15) is 0 Å². The van der Waals surface area contributed by atoms with Crippen LogP contribution in [-0.2, 0) is 21.1 Å². The molecule has 0 unspecified atom stereocenters. The van der Waals surface area contributed by atoms with E-state index in [2.05, 4.69) is 23.7 Å². The molecule has 0 fully saturated rings. The Bertz CT molecular complexity index is 1130. The van der Waals surface area contributed by atoms with Crippen LogP contribution in [0.1, 0.15) is 28.0 Å². The summed E-state index contributed by atoms with van der Waals surface area (Å²) < 4.78 is 32.0. The fourth-order valence-corrected chi connectivity index (χ4v) is 4.91. The second kappa shape index (κ2) is 9.45. The second-order valence-electron chi connectivity index (χ2n) is 7.33. The van der Waals surface area contributed by atoms with Crippen molar-refractivity contribution >= 4 is 26.6 Å². The topological polar surface area (TPSA) is 77.4 Å². The zero-order valence-corrected chi connectivity index (χ0v) is 18.5. The van der Waals surface area contributed by atoms with Crippen LogP contribution < -0.4 is 5.32 Å². The zero-order chi connectivity index (χ0) is 21.7. The number of benzene rings is 2. The van der Waals surface area contributed by atoms with Crippen LogP contribution in [0, 0.1) is 13.8 Å². The number of carbonyl (C=O) groups excluding carboxylic acids is 1. The third-order valence-electron chi connectivity index (χ3n) is 5.40. The van der Waals surface area contributed by atoms with Gasteiger partial charge < -0.3 is 14.6 Å². The van der Waals surface area contributed by atoms with E-state index >= 15 is 0 Å². The molecule has 0 aliphatic heterocycles. The number of fused-ring (bicyclic) bond motifs is 1. The van der Waals surface area contributed by atoms with Gasteiger partial charge in [0.05, 0.1) is 17.3 Å². The van der Waals surface area contributed by atoms with Gasteiger partial charge in [-0.3, -0.25) is 4.79 Å². The number of aryl methyl sites for hydroxylation is 1. The summed E-state index contributed by atoms with van der Waals surface area (Å²) in [6.07, 6.45) is 0.358. The Balaban J connectivity index is 1.64. The number of aromatic nitrogens is 1. The van der Waals surface area contributed by atoms with Crippen molar-refractivity contribution < 1.29 is 17.9 Å². The van der Waals surface area contributed by atoms with Crippen molar-refractivity contribution in [2.24, 2.45) is 0 Å². The molecule has 1 heterocycles. The van der Waals surface area contributed by atoms with E-state index in [4.69, 9.17) is 4.74 Å². The summed E-state index contributed by atoms with van der Waals surface area (Å²) in [6, 6.07) is 14.0. The molecular weight excluding hydrogens is 400 g/mol. The lowest BCUT2D eigenvalue weighted by molar-refractivity contribution is 0.0954. The minimum Gasteiger partial charge on any atom is -0.383 e. The number of rotatable bonds is 9. The number of nitrogens with zero attached hydrogens (tertiary/aromatic N) is 1. The molecule has 7 heteroatoms. The van der Waals surface area contributed by atoms with E-state index in [0.29, 0.717) is 30.0 Å². The Morgan fingerprint density at radius 1 is 1.10 bits per heavy atom. The van der Waals surface area contributed by atoms with Gasteiger partial charge in [0.15, 0.2) is 9.84 Å². The molecule has 0 saturated carbocycles. The lowest BCUT2D eigenvalue weighted by atomic mass is 10.1. The number of hydrogen-bond acceptors (Lipinski definition) is 4. The van der Waals surface area contributed by atoms with Crippen molar-refractivity contribution in [1.29, 1.82) is 0 Å². The molecule has 0 saturated heterocycles. The monoisotopic (exact) mass is 428 g/mol. The molecule has 1 aromatic heterocycles. The molecule has 3 aromatic rings. The van der Waals surface area contributed by atoms with Crippen LogP contribution >= 0.6 is 0 Å². The largest absolute Gasteiger partial charge is 0.383 e. The van der Waals surface area contributed by atoms with Gasteiger partial charge in [-0.15, -0.1) is 0 Å². The molecule has 1 N–H and O–H groups in total. The van der Waals surface area contributed by atoms with E-state index in [1.807, 2.05) is 12.1 Å². The minimum atomic E-state index is -3.33. The Kier molecular flexibility index (Phi) is 6.95. The van der Waals surface area contributed by atoms with Gasteiger partial charge in [-0.1, -0.05) is 18.2 Å². The first-order chi connectivity index (χ1) is 14.3. The van der Waals surface area contributed by atoms with Gasteiger partial charge in [0.1, 0.15) is 0 Å². The van der Waals surface area contributed by atoms with Crippen LogP contribution in [0.15, 0.2) is 53.4 Å². The molecule has 160 valence electrons. The summed E-state index contributed by atoms with van der Waals surface area (Å²) >= 11 is 0. The normalized spacial score (nSPS) is 11.7. The highest BCUT2D eigenvalue weighted by molar-refractivity contribution is 7.91. The number of carbonyl (C=O) groups is 1. The van der Waals surface area contributed by atoms with Crippen LogP contribution in [0.3, 0.4) is 0 Å². The van der Waals surface area contributed by atoms with E-state index in [9.17, 15) is 13.2 Å². The smallest absolute Gasteiger partial charge is 0.251 e. The molecule has 1 amide bonds. The van der Waals surface area contributed by atoms with Crippen LogP contribution in [0.2, 0.25) is 0 Å². The molecule has 0 atom stereocenters. The summed E-state index contributed by atoms with van der Waals surface area (Å²) in [6.45, 7) is 5.80. The van der Waals surface area contributed by atoms with E-state index in [-0.39, 0.29) is 11.7 Å². The number of methoxy groups -OCH3 is 1. The minimum absolute atomic E-state index is 0.00299. The van der Waals surface area contributed by atoms with Crippen molar-refractivity contribution in [2.75, 3.05) is 26.0 Å². The van der Waals surface area contributed by atoms with Gasteiger partial charge in [0.2, 0.25) is 0 Å². The quantitative estimate of drug-likeness (QED) is 0.529. The van der Waals surface area contributed by atoms with Crippen LogP contribution in [0.25, 0.3) is 10.9 Å². The molecule has 30 heavy (non-hydrogen) atoms. The SMILES string of the molecule is COCCn1c(C)c(C)c2cc(C(=O)NCCCS(=O)(=O)c3ccccc3)ccc21. The maximum atomic E-state index is 12.6. The maximum absolute atomic E-state index is 12.6. The fraction of sp³-hybridized carbons (Fsp3) is 0.348. The standard InChI is InChI=1S/C23H28N2O4S/c1-17-18(2)25(13-14-29-3)22-11-10-19(16-21(17)22)23(26)24-12-7-15-30(27,28)20-8-5-4-6-9-20/h4-6,8-11,16H,7,12-15H2,1-3H3,(H,24,26). The summed E-state index contributed by atoms with van der Waals surface area (Å²) in [5.41, 5.74) is 3.95. The molecule has 0 aliphatic rings. The Morgan fingerprint density at radius 2 is 1.83 bits per heavy atom. The van der Waals surface area contributed by atoms with Gasteiger partial charge in [0.25, 0.3) is 5.91 Å².